The van der Waals surface area contributed by atoms with E-state index in [4.69, 9.17) is 5.84 Å². The van der Waals surface area contributed by atoms with Crippen molar-refractivity contribution >= 4 is 28.7 Å². The van der Waals surface area contributed by atoms with Gasteiger partial charge in [-0.3, -0.25) is 0 Å². The van der Waals surface area contributed by atoms with E-state index in [0.717, 1.165) is 16.2 Å². The number of nitrogens with two attached hydrogens (primary N) is 1. The predicted octanol–water partition coefficient (Wildman–Crippen LogP) is 2.66. The second-order valence-electron chi connectivity index (χ2n) is 4.64. The first kappa shape index (κ1) is 13.4. The SMILES string of the molecule is Nn1c(SCc2cn3ccccc3n2)nnc1-c1cccs1. The van der Waals surface area contributed by atoms with E-state index < -0.39 is 0 Å². The van der Waals surface area contributed by atoms with Gasteiger partial charge in [0.15, 0.2) is 5.82 Å². The summed E-state index contributed by atoms with van der Waals surface area (Å²) in [5.74, 6) is 7.47. The van der Waals surface area contributed by atoms with Gasteiger partial charge in [-0.1, -0.05) is 23.9 Å². The molecular weight excluding hydrogens is 316 g/mol. The quantitative estimate of drug-likeness (QED) is 0.460. The highest BCUT2D eigenvalue weighted by atomic mass is 32.2. The molecule has 8 heteroatoms. The molecule has 0 aliphatic rings. The maximum atomic E-state index is 6.09. The third-order valence-corrected chi connectivity index (χ3v) is 5.01. The monoisotopic (exact) mass is 328 g/mol. The Morgan fingerprint density at radius 3 is 2.95 bits per heavy atom. The number of imidazole rings is 1. The Kier molecular flexibility index (Phi) is 3.32. The second-order valence-corrected chi connectivity index (χ2v) is 6.53. The van der Waals surface area contributed by atoms with Crippen molar-refractivity contribution in [2.24, 2.45) is 0 Å². The van der Waals surface area contributed by atoms with Crippen LogP contribution in [0.2, 0.25) is 0 Å². The van der Waals surface area contributed by atoms with Crippen molar-refractivity contribution in [1.82, 2.24) is 24.3 Å². The summed E-state index contributed by atoms with van der Waals surface area (Å²) in [4.78, 5) is 5.57. The van der Waals surface area contributed by atoms with Crippen LogP contribution >= 0.6 is 23.1 Å². The minimum atomic E-state index is 0.681. The Balaban J connectivity index is 1.54. The summed E-state index contributed by atoms with van der Waals surface area (Å²) in [5.41, 5.74) is 1.92. The van der Waals surface area contributed by atoms with Crippen LogP contribution in [0.5, 0.6) is 0 Å². The summed E-state index contributed by atoms with van der Waals surface area (Å²) in [6, 6.07) is 9.89. The maximum Gasteiger partial charge on any atom is 0.210 e. The van der Waals surface area contributed by atoms with Gasteiger partial charge in [-0.15, -0.1) is 21.5 Å². The molecule has 4 heterocycles. The number of nitrogens with zero attached hydrogens (tertiary/aromatic N) is 5. The lowest BCUT2D eigenvalue weighted by Crippen LogP contribution is -2.11. The van der Waals surface area contributed by atoms with E-state index in [9.17, 15) is 0 Å². The van der Waals surface area contributed by atoms with E-state index in [1.807, 2.05) is 52.5 Å². The number of nitrogen functional groups attached to an aromatic ring is 1. The molecule has 4 aromatic heterocycles. The van der Waals surface area contributed by atoms with Gasteiger partial charge < -0.3 is 10.2 Å². The van der Waals surface area contributed by atoms with Gasteiger partial charge in [0.1, 0.15) is 5.65 Å². The van der Waals surface area contributed by atoms with Crippen LogP contribution in [-0.2, 0) is 5.75 Å². The molecule has 0 aromatic carbocycles. The molecule has 6 nitrogen and oxygen atoms in total. The van der Waals surface area contributed by atoms with Gasteiger partial charge >= 0.3 is 0 Å². The van der Waals surface area contributed by atoms with E-state index in [1.54, 1.807) is 11.3 Å². The lowest BCUT2D eigenvalue weighted by atomic mass is 10.4. The largest absolute Gasteiger partial charge is 0.335 e. The normalized spacial score (nSPS) is 11.3. The number of hydrogen-bond donors (Lipinski definition) is 1. The van der Waals surface area contributed by atoms with E-state index in [0.29, 0.717) is 16.7 Å². The molecule has 110 valence electrons. The summed E-state index contributed by atoms with van der Waals surface area (Å²) in [6.07, 6.45) is 4.00. The Morgan fingerprint density at radius 1 is 1.18 bits per heavy atom. The number of fused-ring (bicyclic) bond motifs is 1. The van der Waals surface area contributed by atoms with Gasteiger partial charge in [0.05, 0.1) is 10.6 Å². The number of thioether (sulfide) groups is 1. The number of pyridine rings is 1. The van der Waals surface area contributed by atoms with Crippen LogP contribution in [0.15, 0.2) is 53.3 Å². The zero-order chi connectivity index (χ0) is 14.9. The van der Waals surface area contributed by atoms with Crippen molar-refractivity contribution in [3.05, 3.63) is 53.8 Å². The van der Waals surface area contributed by atoms with E-state index >= 15 is 0 Å². The molecule has 0 atom stereocenters. The van der Waals surface area contributed by atoms with Crippen LogP contribution in [0.25, 0.3) is 16.3 Å². The average molecular weight is 328 g/mol. The zero-order valence-electron chi connectivity index (χ0n) is 11.5. The molecule has 2 N–H and O–H groups in total. The van der Waals surface area contributed by atoms with Crippen molar-refractivity contribution in [3.63, 3.8) is 0 Å². The third-order valence-electron chi connectivity index (χ3n) is 3.17. The predicted molar refractivity (Wildman–Crippen MR) is 88.2 cm³/mol. The van der Waals surface area contributed by atoms with Crippen molar-refractivity contribution in [2.45, 2.75) is 10.9 Å². The van der Waals surface area contributed by atoms with Gasteiger partial charge in [-0.25, -0.2) is 9.66 Å². The minimum Gasteiger partial charge on any atom is -0.335 e. The van der Waals surface area contributed by atoms with Crippen molar-refractivity contribution < 1.29 is 0 Å². The van der Waals surface area contributed by atoms with Crippen molar-refractivity contribution in [1.29, 1.82) is 0 Å². The van der Waals surface area contributed by atoms with Crippen molar-refractivity contribution in [2.75, 3.05) is 5.84 Å². The van der Waals surface area contributed by atoms with Gasteiger partial charge in [0.25, 0.3) is 0 Å². The molecule has 0 saturated heterocycles. The van der Waals surface area contributed by atoms with Gasteiger partial charge in [-0.2, -0.15) is 0 Å². The fraction of sp³-hybridized carbons (Fsp3) is 0.0714. The lowest BCUT2D eigenvalue weighted by molar-refractivity contribution is 0.850. The second kappa shape index (κ2) is 5.47. The lowest BCUT2D eigenvalue weighted by Gasteiger charge is -2.00. The molecule has 0 fully saturated rings. The minimum absolute atomic E-state index is 0.681. The average Bonchev–Trinajstić information content (AvgIpc) is 3.24. The van der Waals surface area contributed by atoms with Gasteiger partial charge in [0.2, 0.25) is 5.16 Å². The van der Waals surface area contributed by atoms with Gasteiger partial charge in [-0.05, 0) is 23.6 Å². The fourth-order valence-corrected chi connectivity index (χ4v) is 3.59. The molecule has 0 saturated carbocycles. The number of thiophene rings is 1. The highest BCUT2D eigenvalue weighted by molar-refractivity contribution is 7.98. The molecule has 22 heavy (non-hydrogen) atoms. The highest BCUT2D eigenvalue weighted by Gasteiger charge is 2.13. The summed E-state index contributed by atoms with van der Waals surface area (Å²) in [6.45, 7) is 0. The standard InChI is InChI=1S/C14H12N6S2/c15-20-13(11-4-3-7-21-11)17-18-14(20)22-9-10-8-19-6-2-1-5-12(19)16-10/h1-8H,9,15H2. The number of hydrogen-bond acceptors (Lipinski definition) is 6. The Bertz CT molecular complexity index is 876. The van der Waals surface area contributed by atoms with Crippen LogP contribution in [0.4, 0.5) is 0 Å². The fourth-order valence-electron chi connectivity index (χ4n) is 2.14. The molecule has 0 bridgehead atoms. The molecule has 0 radical (unpaired) electrons. The first-order valence-corrected chi connectivity index (χ1v) is 8.47. The van der Waals surface area contributed by atoms with Crippen LogP contribution in [0.3, 0.4) is 0 Å². The maximum absolute atomic E-state index is 6.09. The van der Waals surface area contributed by atoms with E-state index in [2.05, 4.69) is 15.2 Å². The third kappa shape index (κ3) is 2.36. The van der Waals surface area contributed by atoms with E-state index in [1.165, 1.54) is 16.4 Å². The van der Waals surface area contributed by atoms with Crippen LogP contribution < -0.4 is 5.84 Å². The number of rotatable bonds is 4. The molecule has 4 rings (SSSR count). The Hall–Kier alpha value is -2.32. The molecule has 0 aliphatic carbocycles. The van der Waals surface area contributed by atoms with Gasteiger partial charge in [0, 0.05) is 18.1 Å². The van der Waals surface area contributed by atoms with Crippen molar-refractivity contribution in [3.8, 4) is 10.7 Å². The first-order valence-electron chi connectivity index (χ1n) is 6.61. The van der Waals surface area contributed by atoms with E-state index in [-0.39, 0.29) is 0 Å². The van der Waals surface area contributed by atoms with Crippen LogP contribution in [0, 0.1) is 0 Å². The first-order chi connectivity index (χ1) is 10.8. The molecule has 0 unspecified atom stereocenters. The Labute approximate surface area is 134 Å². The molecule has 0 aliphatic heterocycles. The molecular formula is C14H12N6S2. The van der Waals surface area contributed by atoms with Crippen LogP contribution in [0.1, 0.15) is 5.69 Å². The smallest absolute Gasteiger partial charge is 0.210 e. The number of aromatic nitrogens is 5. The Morgan fingerprint density at radius 2 is 2.14 bits per heavy atom. The highest BCUT2D eigenvalue weighted by Crippen LogP contribution is 2.26. The zero-order valence-corrected chi connectivity index (χ0v) is 13.1. The summed E-state index contributed by atoms with van der Waals surface area (Å²) in [5, 5.41) is 11.0. The molecule has 0 amide bonds. The molecule has 4 aromatic rings. The summed E-state index contributed by atoms with van der Waals surface area (Å²) >= 11 is 3.12. The van der Waals surface area contributed by atoms with Crippen LogP contribution in [-0.4, -0.2) is 24.3 Å². The summed E-state index contributed by atoms with van der Waals surface area (Å²) < 4.78 is 3.53. The summed E-state index contributed by atoms with van der Waals surface area (Å²) in [7, 11) is 0. The topological polar surface area (TPSA) is 74.0 Å². The molecule has 0 spiro atoms.